The van der Waals surface area contributed by atoms with Gasteiger partial charge in [-0.3, -0.25) is 0 Å². The van der Waals surface area contributed by atoms with Crippen LogP contribution in [-0.2, 0) is 5.41 Å². The first-order chi connectivity index (χ1) is 9.99. The second kappa shape index (κ2) is 4.71. The smallest absolute Gasteiger partial charge is 0.182 e. The summed E-state index contributed by atoms with van der Waals surface area (Å²) < 4.78 is 1.64. The van der Waals surface area contributed by atoms with E-state index >= 15 is 0 Å². The number of hydrogen-bond acceptors (Lipinski definition) is 3. The van der Waals surface area contributed by atoms with Crippen LogP contribution in [0.25, 0.3) is 17.0 Å². The van der Waals surface area contributed by atoms with Crippen molar-refractivity contribution in [3.63, 3.8) is 0 Å². The molecule has 104 valence electrons. The number of aromatic nitrogens is 3. The quantitative estimate of drug-likeness (QED) is 0.682. The van der Waals surface area contributed by atoms with Crippen LogP contribution in [0.4, 0.5) is 0 Å². The molecule has 2 heterocycles. The first kappa shape index (κ1) is 13.3. The van der Waals surface area contributed by atoms with E-state index in [1.165, 1.54) is 5.56 Å². The lowest BCUT2D eigenvalue weighted by Crippen LogP contribution is -2.10. The third kappa shape index (κ3) is 2.38. The molecule has 1 aromatic carbocycles. The molecule has 4 nitrogen and oxygen atoms in total. The van der Waals surface area contributed by atoms with E-state index in [9.17, 15) is 0 Å². The largest absolute Gasteiger partial charge is 0.219 e. The Hall–Kier alpha value is -2.67. The Bertz CT molecular complexity index is 830. The summed E-state index contributed by atoms with van der Waals surface area (Å²) in [5.41, 5.74) is 3.47. The SMILES string of the molecule is CC(C)(C)c1ccc(-c2nc3c(C#N)cccn3n2)cc1. The molecule has 0 N–H and O–H groups in total. The zero-order chi connectivity index (χ0) is 15.0. The van der Waals surface area contributed by atoms with Crippen molar-refractivity contribution in [3.05, 3.63) is 53.7 Å². The molecule has 0 aliphatic carbocycles. The molecule has 0 amide bonds. The molecule has 0 aliphatic rings. The molecule has 2 aromatic heterocycles. The van der Waals surface area contributed by atoms with Crippen molar-refractivity contribution in [1.82, 2.24) is 14.6 Å². The number of benzene rings is 1. The number of hydrogen-bond donors (Lipinski definition) is 0. The second-order valence-electron chi connectivity index (χ2n) is 6.06. The summed E-state index contributed by atoms with van der Waals surface area (Å²) in [7, 11) is 0. The van der Waals surface area contributed by atoms with Crippen molar-refractivity contribution in [2.75, 3.05) is 0 Å². The molecular formula is C17H16N4. The van der Waals surface area contributed by atoms with Crippen LogP contribution in [0.15, 0.2) is 42.6 Å². The fourth-order valence-corrected chi connectivity index (χ4v) is 2.24. The van der Waals surface area contributed by atoms with E-state index in [1.54, 1.807) is 22.8 Å². The first-order valence-electron chi connectivity index (χ1n) is 6.85. The third-order valence-corrected chi connectivity index (χ3v) is 3.49. The Morgan fingerprint density at radius 1 is 1.10 bits per heavy atom. The molecule has 0 spiro atoms. The van der Waals surface area contributed by atoms with Crippen LogP contribution in [0.1, 0.15) is 31.9 Å². The van der Waals surface area contributed by atoms with Gasteiger partial charge < -0.3 is 0 Å². The van der Waals surface area contributed by atoms with Gasteiger partial charge in [0, 0.05) is 11.8 Å². The van der Waals surface area contributed by atoms with Crippen LogP contribution >= 0.6 is 0 Å². The van der Waals surface area contributed by atoms with Gasteiger partial charge in [-0.05, 0) is 23.1 Å². The van der Waals surface area contributed by atoms with Crippen molar-refractivity contribution in [1.29, 1.82) is 5.26 Å². The summed E-state index contributed by atoms with van der Waals surface area (Å²) in [6.07, 6.45) is 1.80. The lowest BCUT2D eigenvalue weighted by atomic mass is 9.87. The predicted octanol–water partition coefficient (Wildman–Crippen LogP) is 3.57. The Morgan fingerprint density at radius 3 is 2.43 bits per heavy atom. The Balaban J connectivity index is 2.07. The van der Waals surface area contributed by atoms with E-state index in [0.717, 1.165) is 5.56 Å². The van der Waals surface area contributed by atoms with Gasteiger partial charge in [-0.1, -0.05) is 45.0 Å². The van der Waals surface area contributed by atoms with Gasteiger partial charge in [-0.15, -0.1) is 5.10 Å². The van der Waals surface area contributed by atoms with Crippen molar-refractivity contribution >= 4 is 5.65 Å². The predicted molar refractivity (Wildman–Crippen MR) is 81.8 cm³/mol. The molecule has 3 rings (SSSR count). The van der Waals surface area contributed by atoms with Crippen LogP contribution in [0, 0.1) is 11.3 Å². The summed E-state index contributed by atoms with van der Waals surface area (Å²) in [4.78, 5) is 4.47. The maximum Gasteiger partial charge on any atom is 0.182 e. The lowest BCUT2D eigenvalue weighted by molar-refractivity contribution is 0.590. The molecule has 0 unspecified atom stereocenters. The van der Waals surface area contributed by atoms with E-state index in [1.807, 2.05) is 12.1 Å². The van der Waals surface area contributed by atoms with Gasteiger partial charge in [0.2, 0.25) is 0 Å². The van der Waals surface area contributed by atoms with Crippen LogP contribution < -0.4 is 0 Å². The second-order valence-corrected chi connectivity index (χ2v) is 6.06. The van der Waals surface area contributed by atoms with E-state index < -0.39 is 0 Å². The summed E-state index contributed by atoms with van der Waals surface area (Å²) in [6.45, 7) is 6.55. The van der Waals surface area contributed by atoms with Gasteiger partial charge >= 0.3 is 0 Å². The first-order valence-corrected chi connectivity index (χ1v) is 6.85. The topological polar surface area (TPSA) is 54.0 Å². The van der Waals surface area contributed by atoms with Gasteiger partial charge in [0.05, 0.1) is 5.56 Å². The number of fused-ring (bicyclic) bond motifs is 1. The molecule has 3 aromatic rings. The highest BCUT2D eigenvalue weighted by Gasteiger charge is 2.14. The van der Waals surface area contributed by atoms with Gasteiger partial charge in [0.15, 0.2) is 11.5 Å². The van der Waals surface area contributed by atoms with Crippen LogP contribution in [0.5, 0.6) is 0 Å². The Kier molecular flexibility index (Phi) is 2.99. The molecule has 0 fully saturated rings. The zero-order valence-electron chi connectivity index (χ0n) is 12.3. The minimum absolute atomic E-state index is 0.124. The average molecular weight is 276 g/mol. The number of nitrogens with zero attached hydrogens (tertiary/aromatic N) is 4. The van der Waals surface area contributed by atoms with E-state index in [2.05, 4.69) is 49.1 Å². The van der Waals surface area contributed by atoms with Gasteiger partial charge in [-0.2, -0.15) is 5.26 Å². The molecule has 0 saturated heterocycles. The number of nitriles is 1. The highest BCUT2D eigenvalue weighted by Crippen LogP contribution is 2.25. The van der Waals surface area contributed by atoms with Crippen LogP contribution in [0.2, 0.25) is 0 Å². The minimum Gasteiger partial charge on any atom is -0.219 e. The summed E-state index contributed by atoms with van der Waals surface area (Å²) in [5.74, 6) is 0.637. The molecule has 4 heteroatoms. The Morgan fingerprint density at radius 2 is 1.81 bits per heavy atom. The molecule has 0 atom stereocenters. The normalized spacial score (nSPS) is 11.5. The number of rotatable bonds is 1. The van der Waals surface area contributed by atoms with Crippen LogP contribution in [0.3, 0.4) is 0 Å². The number of pyridine rings is 1. The highest BCUT2D eigenvalue weighted by molar-refractivity contribution is 5.62. The standard InChI is InChI=1S/C17H16N4/c1-17(2,3)14-8-6-12(7-9-14)15-19-16-13(11-18)5-4-10-21(16)20-15/h4-10H,1-3H3. The molecule has 0 radical (unpaired) electrons. The summed E-state index contributed by atoms with van der Waals surface area (Å²) in [5, 5.41) is 13.5. The van der Waals surface area contributed by atoms with Crippen LogP contribution in [-0.4, -0.2) is 14.6 Å². The molecular weight excluding hydrogens is 260 g/mol. The maximum absolute atomic E-state index is 9.11. The van der Waals surface area contributed by atoms with Crippen molar-refractivity contribution < 1.29 is 0 Å². The molecule has 0 bridgehead atoms. The van der Waals surface area contributed by atoms with Crippen molar-refractivity contribution in [2.24, 2.45) is 0 Å². The summed E-state index contributed by atoms with van der Waals surface area (Å²) >= 11 is 0. The maximum atomic E-state index is 9.11. The van der Waals surface area contributed by atoms with E-state index in [4.69, 9.17) is 5.26 Å². The van der Waals surface area contributed by atoms with Crippen molar-refractivity contribution in [2.45, 2.75) is 26.2 Å². The minimum atomic E-state index is 0.124. The van der Waals surface area contributed by atoms with E-state index in [0.29, 0.717) is 17.0 Å². The Labute approximate surface area is 123 Å². The molecule has 0 aliphatic heterocycles. The zero-order valence-corrected chi connectivity index (χ0v) is 12.3. The third-order valence-electron chi connectivity index (χ3n) is 3.49. The molecule has 21 heavy (non-hydrogen) atoms. The van der Waals surface area contributed by atoms with E-state index in [-0.39, 0.29) is 5.41 Å². The fraction of sp³-hybridized carbons (Fsp3) is 0.235. The van der Waals surface area contributed by atoms with Gasteiger partial charge in [-0.25, -0.2) is 9.50 Å². The lowest BCUT2D eigenvalue weighted by Gasteiger charge is -2.18. The highest BCUT2D eigenvalue weighted by atomic mass is 15.3. The fourth-order valence-electron chi connectivity index (χ4n) is 2.24. The monoisotopic (exact) mass is 276 g/mol. The molecule has 0 saturated carbocycles. The van der Waals surface area contributed by atoms with Crippen molar-refractivity contribution in [3.8, 4) is 17.5 Å². The van der Waals surface area contributed by atoms with Gasteiger partial charge in [0.1, 0.15) is 6.07 Å². The van der Waals surface area contributed by atoms with Gasteiger partial charge in [0.25, 0.3) is 0 Å². The summed E-state index contributed by atoms with van der Waals surface area (Å²) in [6, 6.07) is 14.0. The average Bonchev–Trinajstić information content (AvgIpc) is 2.90.